The maximum atomic E-state index is 13.6. The lowest BCUT2D eigenvalue weighted by Crippen LogP contribution is -2.35. The Morgan fingerprint density at radius 2 is 2.08 bits per heavy atom. The van der Waals surface area contributed by atoms with Gasteiger partial charge in [0.2, 0.25) is 0 Å². The van der Waals surface area contributed by atoms with Crippen LogP contribution in [-0.4, -0.2) is 19.6 Å². The molecule has 0 fully saturated rings. The SMILES string of the molecule is COc1ccc(F)cc1C(=O)N1CCCc2cc(CN)ccc21.Cl. The van der Waals surface area contributed by atoms with Crippen molar-refractivity contribution >= 4 is 24.0 Å². The van der Waals surface area contributed by atoms with E-state index in [4.69, 9.17) is 10.5 Å². The number of nitrogens with two attached hydrogens (primary N) is 1. The van der Waals surface area contributed by atoms with Gasteiger partial charge in [0.15, 0.2) is 0 Å². The highest BCUT2D eigenvalue weighted by Crippen LogP contribution is 2.31. The van der Waals surface area contributed by atoms with Crippen LogP contribution in [0.3, 0.4) is 0 Å². The van der Waals surface area contributed by atoms with Gasteiger partial charge < -0.3 is 15.4 Å². The number of hydrogen-bond acceptors (Lipinski definition) is 3. The molecule has 0 aliphatic carbocycles. The molecule has 0 atom stereocenters. The summed E-state index contributed by atoms with van der Waals surface area (Å²) in [6, 6.07) is 9.87. The van der Waals surface area contributed by atoms with E-state index in [0.717, 1.165) is 29.7 Å². The molecule has 0 saturated carbocycles. The highest BCUT2D eigenvalue weighted by atomic mass is 35.5. The molecular weight excluding hydrogens is 331 g/mol. The van der Waals surface area contributed by atoms with Gasteiger partial charge in [-0.25, -0.2) is 4.39 Å². The number of carbonyl (C=O) groups is 1. The largest absolute Gasteiger partial charge is 0.496 e. The zero-order valence-corrected chi connectivity index (χ0v) is 14.2. The van der Waals surface area contributed by atoms with E-state index >= 15 is 0 Å². The van der Waals surface area contributed by atoms with Crippen LogP contribution in [0.25, 0.3) is 0 Å². The Labute approximate surface area is 146 Å². The van der Waals surface area contributed by atoms with Crippen molar-refractivity contribution in [2.75, 3.05) is 18.6 Å². The highest BCUT2D eigenvalue weighted by Gasteiger charge is 2.26. The summed E-state index contributed by atoms with van der Waals surface area (Å²) in [7, 11) is 1.47. The van der Waals surface area contributed by atoms with Crippen molar-refractivity contribution in [2.45, 2.75) is 19.4 Å². The van der Waals surface area contributed by atoms with E-state index in [1.54, 1.807) is 4.90 Å². The molecule has 0 aromatic heterocycles. The van der Waals surface area contributed by atoms with E-state index < -0.39 is 5.82 Å². The van der Waals surface area contributed by atoms with Crippen LogP contribution in [0.1, 0.15) is 27.9 Å². The maximum Gasteiger partial charge on any atom is 0.262 e. The summed E-state index contributed by atoms with van der Waals surface area (Å²) in [5.41, 5.74) is 8.93. The van der Waals surface area contributed by atoms with Crippen molar-refractivity contribution < 1.29 is 13.9 Å². The Morgan fingerprint density at radius 3 is 2.79 bits per heavy atom. The molecule has 2 N–H and O–H groups in total. The second-order valence-electron chi connectivity index (χ2n) is 5.57. The fraction of sp³-hybridized carbons (Fsp3) is 0.278. The second-order valence-corrected chi connectivity index (χ2v) is 5.57. The molecule has 1 aliphatic heterocycles. The van der Waals surface area contributed by atoms with Gasteiger partial charge in [-0.1, -0.05) is 12.1 Å². The number of fused-ring (bicyclic) bond motifs is 1. The van der Waals surface area contributed by atoms with Crippen LogP contribution in [0, 0.1) is 5.82 Å². The predicted molar refractivity (Wildman–Crippen MR) is 94.5 cm³/mol. The minimum Gasteiger partial charge on any atom is -0.496 e. The van der Waals surface area contributed by atoms with Crippen molar-refractivity contribution in [3.63, 3.8) is 0 Å². The number of carbonyl (C=O) groups excluding carboxylic acids is 1. The van der Waals surface area contributed by atoms with Gasteiger partial charge in [0.25, 0.3) is 5.91 Å². The van der Waals surface area contributed by atoms with Gasteiger partial charge in [-0.05, 0) is 48.2 Å². The number of ether oxygens (including phenoxy) is 1. The molecule has 0 saturated heterocycles. The molecule has 128 valence electrons. The average Bonchev–Trinajstić information content (AvgIpc) is 2.60. The predicted octanol–water partition coefficient (Wildman–Crippen LogP) is 3.31. The first kappa shape index (κ1) is 18.2. The zero-order valence-electron chi connectivity index (χ0n) is 13.4. The first-order valence-electron chi connectivity index (χ1n) is 7.61. The number of amides is 1. The monoisotopic (exact) mass is 350 g/mol. The fourth-order valence-electron chi connectivity index (χ4n) is 2.98. The molecule has 0 spiro atoms. The third-order valence-corrected chi connectivity index (χ3v) is 4.14. The molecule has 0 radical (unpaired) electrons. The van der Waals surface area contributed by atoms with Crippen LogP contribution >= 0.6 is 12.4 Å². The lowest BCUT2D eigenvalue weighted by atomic mass is 9.98. The smallest absolute Gasteiger partial charge is 0.262 e. The third-order valence-electron chi connectivity index (χ3n) is 4.14. The number of halogens is 2. The molecule has 2 aromatic carbocycles. The summed E-state index contributed by atoms with van der Waals surface area (Å²) in [5, 5.41) is 0. The van der Waals surface area contributed by atoms with Gasteiger partial charge in [-0.2, -0.15) is 0 Å². The van der Waals surface area contributed by atoms with Gasteiger partial charge in [0, 0.05) is 18.8 Å². The molecular formula is C18H20ClFN2O2. The number of anilines is 1. The van der Waals surface area contributed by atoms with E-state index in [1.807, 2.05) is 18.2 Å². The van der Waals surface area contributed by atoms with Crippen molar-refractivity contribution in [3.8, 4) is 5.75 Å². The zero-order chi connectivity index (χ0) is 16.4. The summed E-state index contributed by atoms with van der Waals surface area (Å²) in [5.74, 6) is -0.324. The van der Waals surface area contributed by atoms with Crippen molar-refractivity contribution in [1.29, 1.82) is 0 Å². The highest BCUT2D eigenvalue weighted by molar-refractivity contribution is 6.08. The minimum atomic E-state index is -0.454. The summed E-state index contributed by atoms with van der Waals surface area (Å²) < 4.78 is 18.8. The summed E-state index contributed by atoms with van der Waals surface area (Å²) in [6.45, 7) is 1.08. The third kappa shape index (κ3) is 3.37. The normalized spacial score (nSPS) is 13.0. The molecule has 1 aliphatic rings. The van der Waals surface area contributed by atoms with Crippen LogP contribution in [0.15, 0.2) is 36.4 Å². The van der Waals surface area contributed by atoms with Crippen LogP contribution in [0.5, 0.6) is 5.75 Å². The van der Waals surface area contributed by atoms with E-state index in [2.05, 4.69) is 0 Å². The molecule has 1 heterocycles. The van der Waals surface area contributed by atoms with Crippen LogP contribution in [0.4, 0.5) is 10.1 Å². The van der Waals surface area contributed by atoms with Crippen molar-refractivity contribution in [1.82, 2.24) is 0 Å². The number of nitrogens with zero attached hydrogens (tertiary/aromatic N) is 1. The molecule has 3 rings (SSSR count). The Bertz CT molecular complexity index is 752. The van der Waals surface area contributed by atoms with Gasteiger partial charge in [0.1, 0.15) is 11.6 Å². The number of methoxy groups -OCH3 is 1. The molecule has 0 bridgehead atoms. The van der Waals surface area contributed by atoms with E-state index in [9.17, 15) is 9.18 Å². The van der Waals surface area contributed by atoms with E-state index in [0.29, 0.717) is 18.8 Å². The number of benzene rings is 2. The molecule has 2 aromatic rings. The molecule has 1 amide bonds. The summed E-state index contributed by atoms with van der Waals surface area (Å²) in [4.78, 5) is 14.6. The number of aryl methyl sites for hydroxylation is 1. The maximum absolute atomic E-state index is 13.6. The molecule has 4 nitrogen and oxygen atoms in total. The van der Waals surface area contributed by atoms with Gasteiger partial charge in [-0.3, -0.25) is 4.79 Å². The Balaban J connectivity index is 0.00000208. The number of rotatable bonds is 3. The van der Waals surface area contributed by atoms with Crippen molar-refractivity contribution in [3.05, 3.63) is 58.9 Å². The lowest BCUT2D eigenvalue weighted by Gasteiger charge is -2.30. The topological polar surface area (TPSA) is 55.6 Å². The van der Waals surface area contributed by atoms with E-state index in [1.165, 1.54) is 25.3 Å². The fourth-order valence-corrected chi connectivity index (χ4v) is 2.98. The molecule has 24 heavy (non-hydrogen) atoms. The minimum absolute atomic E-state index is 0. The summed E-state index contributed by atoms with van der Waals surface area (Å²) >= 11 is 0. The molecule has 0 unspecified atom stereocenters. The van der Waals surface area contributed by atoms with Gasteiger partial charge >= 0.3 is 0 Å². The Kier molecular flexibility index (Phi) is 5.80. The quantitative estimate of drug-likeness (QED) is 0.924. The lowest BCUT2D eigenvalue weighted by molar-refractivity contribution is 0.0981. The van der Waals surface area contributed by atoms with Gasteiger partial charge in [-0.15, -0.1) is 12.4 Å². The number of hydrogen-bond donors (Lipinski definition) is 1. The first-order valence-corrected chi connectivity index (χ1v) is 7.61. The van der Waals surface area contributed by atoms with Crippen molar-refractivity contribution in [2.24, 2.45) is 5.73 Å². The standard InChI is InChI=1S/C18H19FN2O2.ClH/c1-23-17-7-5-14(19)10-15(17)18(22)21-8-2-3-13-9-12(11-20)4-6-16(13)21;/h4-7,9-10H,2-3,8,11,20H2,1H3;1H. The Morgan fingerprint density at radius 1 is 1.29 bits per heavy atom. The average molecular weight is 351 g/mol. The van der Waals surface area contributed by atoms with E-state index in [-0.39, 0.29) is 23.9 Å². The van der Waals surface area contributed by atoms with Gasteiger partial charge in [0.05, 0.1) is 12.7 Å². The first-order chi connectivity index (χ1) is 11.1. The van der Waals surface area contributed by atoms with Crippen LogP contribution in [-0.2, 0) is 13.0 Å². The second kappa shape index (κ2) is 7.64. The Hall–Kier alpha value is -2.11. The summed E-state index contributed by atoms with van der Waals surface area (Å²) in [6.07, 6.45) is 1.78. The molecule has 6 heteroatoms. The van der Waals surface area contributed by atoms with Crippen LogP contribution < -0.4 is 15.4 Å². The van der Waals surface area contributed by atoms with Crippen LogP contribution in [0.2, 0.25) is 0 Å².